The van der Waals surface area contributed by atoms with Gasteiger partial charge in [0.2, 0.25) is 0 Å². The minimum Gasteiger partial charge on any atom is -0.480 e. The van der Waals surface area contributed by atoms with E-state index >= 15 is 0 Å². The smallest absolute Gasteiger partial charge is 0.327 e. The van der Waals surface area contributed by atoms with Crippen LogP contribution in [0.1, 0.15) is 25.0 Å². The van der Waals surface area contributed by atoms with Crippen LogP contribution in [-0.2, 0) is 9.59 Å². The topological polar surface area (TPSA) is 57.6 Å². The number of rotatable bonds is 4. The maximum absolute atomic E-state index is 12.6. The van der Waals surface area contributed by atoms with Gasteiger partial charge in [0, 0.05) is 0 Å². The van der Waals surface area contributed by atoms with E-state index in [1.54, 1.807) is 19.9 Å². The highest BCUT2D eigenvalue weighted by Gasteiger charge is 2.41. The molecule has 1 aromatic rings. The molecule has 0 aromatic heterocycles. The van der Waals surface area contributed by atoms with Gasteiger partial charge in [-0.2, -0.15) is 0 Å². The lowest BCUT2D eigenvalue weighted by molar-refractivity contribution is -0.146. The van der Waals surface area contributed by atoms with E-state index in [4.69, 9.17) is 12.2 Å². The predicted molar refractivity (Wildman–Crippen MR) is 92.5 cm³/mol. The largest absolute Gasteiger partial charge is 0.480 e. The summed E-state index contributed by atoms with van der Waals surface area (Å²) in [5, 5.41) is 9.38. The van der Waals surface area contributed by atoms with E-state index in [1.807, 2.05) is 31.2 Å². The summed E-state index contributed by atoms with van der Waals surface area (Å²) in [7, 11) is 0. The molecule has 1 N–H and O–H groups in total. The van der Waals surface area contributed by atoms with E-state index in [0.29, 0.717) is 9.23 Å². The average Bonchev–Trinajstić information content (AvgIpc) is 2.69. The molecule has 0 unspecified atom stereocenters. The monoisotopic (exact) mass is 335 g/mol. The van der Waals surface area contributed by atoms with Crippen LogP contribution in [-0.4, -0.2) is 32.2 Å². The van der Waals surface area contributed by atoms with Crippen molar-refractivity contribution in [1.29, 1.82) is 0 Å². The fourth-order valence-electron chi connectivity index (χ4n) is 2.30. The summed E-state index contributed by atoms with van der Waals surface area (Å²) in [6.45, 7) is 5.49. The van der Waals surface area contributed by atoms with Crippen molar-refractivity contribution >= 4 is 46.3 Å². The second kappa shape index (κ2) is 6.62. The summed E-state index contributed by atoms with van der Waals surface area (Å²) in [5.41, 5.74) is 1.98. The van der Waals surface area contributed by atoms with E-state index in [0.717, 1.165) is 22.9 Å². The Morgan fingerprint density at radius 2 is 2.00 bits per heavy atom. The molecule has 6 heteroatoms. The van der Waals surface area contributed by atoms with Crippen molar-refractivity contribution in [3.05, 3.63) is 40.3 Å². The van der Waals surface area contributed by atoms with Crippen molar-refractivity contribution in [3.8, 4) is 0 Å². The van der Waals surface area contributed by atoms with Gasteiger partial charge >= 0.3 is 5.97 Å². The fraction of sp³-hybridized carbons (Fsp3) is 0.312. The van der Waals surface area contributed by atoms with Crippen molar-refractivity contribution in [2.45, 2.75) is 26.8 Å². The highest BCUT2D eigenvalue weighted by atomic mass is 32.2. The molecule has 4 nitrogen and oxygen atoms in total. The number of carbonyl (C=O) groups excluding carboxylic acids is 1. The second-order valence-corrected chi connectivity index (χ2v) is 7.11. The van der Waals surface area contributed by atoms with Crippen LogP contribution in [0.3, 0.4) is 0 Å². The summed E-state index contributed by atoms with van der Waals surface area (Å²) in [5.74, 6) is -1.60. The zero-order valence-electron chi connectivity index (χ0n) is 12.6. The molecular formula is C16H17NO3S2. The summed E-state index contributed by atoms with van der Waals surface area (Å²) < 4.78 is 0.297. The van der Waals surface area contributed by atoms with Gasteiger partial charge in [0.05, 0.1) is 4.91 Å². The molecule has 2 rings (SSSR count). The Hall–Kier alpha value is -1.66. The van der Waals surface area contributed by atoms with Crippen LogP contribution in [0.5, 0.6) is 0 Å². The van der Waals surface area contributed by atoms with Gasteiger partial charge in [-0.05, 0) is 30.0 Å². The van der Waals surface area contributed by atoms with Gasteiger partial charge in [-0.3, -0.25) is 9.69 Å². The number of thioether (sulfide) groups is 1. The first-order valence-corrected chi connectivity index (χ1v) is 8.11. The maximum Gasteiger partial charge on any atom is 0.327 e. The summed E-state index contributed by atoms with van der Waals surface area (Å²) in [4.78, 5) is 25.7. The predicted octanol–water partition coefficient (Wildman–Crippen LogP) is 3.31. The Morgan fingerprint density at radius 1 is 1.36 bits per heavy atom. The first-order valence-electron chi connectivity index (χ1n) is 6.88. The number of carboxylic acids is 1. The molecule has 22 heavy (non-hydrogen) atoms. The van der Waals surface area contributed by atoms with E-state index in [2.05, 4.69) is 0 Å². The molecule has 1 aliphatic heterocycles. The van der Waals surface area contributed by atoms with Crippen LogP contribution < -0.4 is 0 Å². The number of thiocarbonyl (C=S) groups is 1. The second-order valence-electron chi connectivity index (χ2n) is 5.44. The van der Waals surface area contributed by atoms with Gasteiger partial charge in [0.15, 0.2) is 0 Å². The Kier molecular flexibility index (Phi) is 5.03. The SMILES string of the molecule is Cc1ccccc1/C=C1\SC(=S)N([C@@H](C(=O)O)C(C)C)C1=O. The Morgan fingerprint density at radius 3 is 2.55 bits per heavy atom. The number of carboxylic acid groups (broad SMARTS) is 1. The first kappa shape index (κ1) is 16.7. The normalized spacial score (nSPS) is 18.4. The van der Waals surface area contributed by atoms with E-state index in [1.165, 1.54) is 4.90 Å². The van der Waals surface area contributed by atoms with Crippen LogP contribution >= 0.6 is 24.0 Å². The van der Waals surface area contributed by atoms with E-state index in [9.17, 15) is 14.7 Å². The molecule has 1 fully saturated rings. The summed E-state index contributed by atoms with van der Waals surface area (Å²) in [6, 6.07) is 6.76. The number of hydrogen-bond donors (Lipinski definition) is 1. The van der Waals surface area contributed by atoms with Crippen molar-refractivity contribution < 1.29 is 14.7 Å². The number of amides is 1. The number of nitrogens with zero attached hydrogens (tertiary/aromatic N) is 1. The zero-order chi connectivity index (χ0) is 16.4. The van der Waals surface area contributed by atoms with E-state index in [-0.39, 0.29) is 11.8 Å². The number of hydrogen-bond acceptors (Lipinski definition) is 4. The highest BCUT2D eigenvalue weighted by molar-refractivity contribution is 8.26. The average molecular weight is 335 g/mol. The van der Waals surface area contributed by atoms with Crippen molar-refractivity contribution in [1.82, 2.24) is 4.90 Å². The van der Waals surface area contributed by atoms with Crippen molar-refractivity contribution in [2.24, 2.45) is 5.92 Å². The van der Waals surface area contributed by atoms with Gasteiger partial charge in [-0.25, -0.2) is 4.79 Å². The minimum absolute atomic E-state index is 0.224. The maximum atomic E-state index is 12.6. The molecule has 0 radical (unpaired) electrons. The third kappa shape index (κ3) is 3.23. The van der Waals surface area contributed by atoms with Crippen molar-refractivity contribution in [3.63, 3.8) is 0 Å². The van der Waals surface area contributed by atoms with Crippen LogP contribution in [0.15, 0.2) is 29.2 Å². The molecule has 0 aliphatic carbocycles. The summed E-state index contributed by atoms with van der Waals surface area (Å²) in [6.07, 6.45) is 1.77. The van der Waals surface area contributed by atoms with Crippen LogP contribution in [0, 0.1) is 12.8 Å². The van der Waals surface area contributed by atoms with Crippen LogP contribution in [0.2, 0.25) is 0 Å². The van der Waals surface area contributed by atoms with Crippen molar-refractivity contribution in [2.75, 3.05) is 0 Å². The summed E-state index contributed by atoms with van der Waals surface area (Å²) >= 11 is 6.38. The molecule has 1 saturated heterocycles. The number of benzene rings is 1. The lowest BCUT2D eigenvalue weighted by Gasteiger charge is -2.26. The molecule has 116 valence electrons. The Bertz CT molecular complexity index is 667. The lowest BCUT2D eigenvalue weighted by Crippen LogP contribution is -2.47. The molecule has 1 aliphatic rings. The van der Waals surface area contributed by atoms with Gasteiger partial charge in [-0.1, -0.05) is 62.1 Å². The van der Waals surface area contributed by atoms with E-state index < -0.39 is 12.0 Å². The molecule has 1 amide bonds. The Balaban J connectivity index is 2.37. The third-order valence-corrected chi connectivity index (χ3v) is 4.79. The molecule has 1 aromatic carbocycles. The Labute approximate surface area is 139 Å². The van der Waals surface area contributed by atoms with Gasteiger partial charge < -0.3 is 5.11 Å². The van der Waals surface area contributed by atoms with Gasteiger partial charge in [-0.15, -0.1) is 0 Å². The third-order valence-electron chi connectivity index (χ3n) is 3.46. The van der Waals surface area contributed by atoms with Gasteiger partial charge in [0.25, 0.3) is 5.91 Å². The minimum atomic E-state index is -1.04. The standard InChI is InChI=1S/C16H17NO3S2/c1-9(2)13(15(19)20)17-14(18)12(22-16(17)21)8-11-7-5-4-6-10(11)3/h4-9,13H,1-3H3,(H,19,20)/b12-8-/t13-/m1/s1. The number of carbonyl (C=O) groups is 2. The molecule has 0 spiro atoms. The van der Waals surface area contributed by atoms with Crippen LogP contribution in [0.25, 0.3) is 6.08 Å². The number of aliphatic carboxylic acids is 1. The molecule has 0 bridgehead atoms. The quantitative estimate of drug-likeness (QED) is 0.676. The molecule has 1 heterocycles. The van der Waals surface area contributed by atoms with Gasteiger partial charge in [0.1, 0.15) is 10.4 Å². The lowest BCUT2D eigenvalue weighted by atomic mass is 10.0. The molecule has 1 atom stereocenters. The molecule has 0 saturated carbocycles. The number of aryl methyl sites for hydroxylation is 1. The highest BCUT2D eigenvalue weighted by Crippen LogP contribution is 2.35. The first-order chi connectivity index (χ1) is 10.3. The zero-order valence-corrected chi connectivity index (χ0v) is 14.2. The van der Waals surface area contributed by atoms with Crippen LogP contribution in [0.4, 0.5) is 0 Å². The molecular weight excluding hydrogens is 318 g/mol. The fourth-order valence-corrected chi connectivity index (χ4v) is 3.62.